The zero-order valence-electron chi connectivity index (χ0n) is 10.5. The fourth-order valence-electron chi connectivity index (χ4n) is 1.71. The van der Waals surface area contributed by atoms with Crippen molar-refractivity contribution >= 4 is 15.9 Å². The van der Waals surface area contributed by atoms with Gasteiger partial charge in [0.2, 0.25) is 5.82 Å². The SMILES string of the molecule is C[C@H](N)c1cccc(F)c1Oc1cc(Br)cc(F)c1F. The van der Waals surface area contributed by atoms with Crippen molar-refractivity contribution in [1.82, 2.24) is 0 Å². The van der Waals surface area contributed by atoms with Crippen molar-refractivity contribution in [2.45, 2.75) is 13.0 Å². The molecule has 2 rings (SSSR count). The standard InChI is InChI=1S/C14H11BrF3NO/c1-7(19)9-3-2-4-10(16)14(9)20-12-6-8(15)5-11(17)13(12)18/h2-7H,19H2,1H3/t7-/m0/s1. The summed E-state index contributed by atoms with van der Waals surface area (Å²) in [6, 6.07) is 5.86. The lowest BCUT2D eigenvalue weighted by Gasteiger charge is -2.15. The van der Waals surface area contributed by atoms with Gasteiger partial charge in [0.25, 0.3) is 0 Å². The number of ether oxygens (including phenoxy) is 1. The quantitative estimate of drug-likeness (QED) is 0.819. The van der Waals surface area contributed by atoms with Gasteiger partial charge in [0, 0.05) is 16.1 Å². The molecule has 0 aliphatic rings. The van der Waals surface area contributed by atoms with Gasteiger partial charge >= 0.3 is 0 Å². The van der Waals surface area contributed by atoms with Crippen molar-refractivity contribution in [1.29, 1.82) is 0 Å². The van der Waals surface area contributed by atoms with Crippen LogP contribution in [0.2, 0.25) is 0 Å². The molecule has 106 valence electrons. The average Bonchev–Trinajstić information content (AvgIpc) is 2.37. The topological polar surface area (TPSA) is 35.2 Å². The summed E-state index contributed by atoms with van der Waals surface area (Å²) >= 11 is 3.02. The zero-order chi connectivity index (χ0) is 14.9. The molecule has 2 nitrogen and oxygen atoms in total. The second-order valence-corrected chi connectivity index (χ2v) is 5.16. The highest BCUT2D eigenvalue weighted by Crippen LogP contribution is 2.34. The minimum absolute atomic E-state index is 0.209. The maximum Gasteiger partial charge on any atom is 0.201 e. The van der Waals surface area contributed by atoms with Crippen molar-refractivity contribution in [2.24, 2.45) is 5.73 Å². The number of nitrogens with two attached hydrogens (primary N) is 1. The van der Waals surface area contributed by atoms with E-state index >= 15 is 0 Å². The molecule has 0 aliphatic carbocycles. The molecule has 2 aromatic carbocycles. The van der Waals surface area contributed by atoms with Gasteiger partial charge in [0.05, 0.1) is 0 Å². The minimum atomic E-state index is -1.19. The Bertz CT molecular complexity index is 647. The average molecular weight is 346 g/mol. The Balaban J connectivity index is 2.50. The maximum absolute atomic E-state index is 13.8. The molecule has 6 heteroatoms. The summed E-state index contributed by atoms with van der Waals surface area (Å²) in [7, 11) is 0. The predicted octanol–water partition coefficient (Wildman–Crippen LogP) is 4.68. The molecule has 0 spiro atoms. The lowest BCUT2D eigenvalue weighted by atomic mass is 10.1. The van der Waals surface area contributed by atoms with Gasteiger partial charge in [-0.15, -0.1) is 0 Å². The van der Waals surface area contributed by atoms with Crippen molar-refractivity contribution < 1.29 is 17.9 Å². The summed E-state index contributed by atoms with van der Waals surface area (Å²) in [5.74, 6) is -3.59. The molecule has 0 amide bonds. The van der Waals surface area contributed by atoms with Crippen LogP contribution in [0.4, 0.5) is 13.2 Å². The van der Waals surface area contributed by atoms with Crippen LogP contribution >= 0.6 is 15.9 Å². The molecule has 0 fully saturated rings. The third-order valence-corrected chi connectivity index (χ3v) is 3.12. The monoisotopic (exact) mass is 345 g/mol. The molecule has 0 aliphatic heterocycles. The number of benzene rings is 2. The molecule has 0 heterocycles. The Hall–Kier alpha value is -1.53. The minimum Gasteiger partial charge on any atom is -0.451 e. The van der Waals surface area contributed by atoms with Gasteiger partial charge in [0.15, 0.2) is 23.1 Å². The lowest BCUT2D eigenvalue weighted by Crippen LogP contribution is -2.08. The van der Waals surface area contributed by atoms with Crippen LogP contribution in [0.1, 0.15) is 18.5 Å². The number of halogens is 4. The number of rotatable bonds is 3. The zero-order valence-corrected chi connectivity index (χ0v) is 12.0. The molecule has 0 saturated heterocycles. The smallest absolute Gasteiger partial charge is 0.201 e. The lowest BCUT2D eigenvalue weighted by molar-refractivity contribution is 0.391. The number of para-hydroxylation sites is 1. The van der Waals surface area contributed by atoms with E-state index in [4.69, 9.17) is 10.5 Å². The first-order valence-corrected chi connectivity index (χ1v) is 6.56. The van der Waals surface area contributed by atoms with Gasteiger partial charge in [0.1, 0.15) is 0 Å². The highest BCUT2D eigenvalue weighted by molar-refractivity contribution is 9.10. The van der Waals surface area contributed by atoms with Crippen LogP contribution in [0.15, 0.2) is 34.8 Å². The molecular formula is C14H11BrF3NO. The third-order valence-electron chi connectivity index (χ3n) is 2.66. The van der Waals surface area contributed by atoms with Gasteiger partial charge in [-0.1, -0.05) is 28.1 Å². The maximum atomic E-state index is 13.8. The van der Waals surface area contributed by atoms with Crippen LogP contribution in [0.3, 0.4) is 0 Å². The summed E-state index contributed by atoms with van der Waals surface area (Å²) in [5.41, 5.74) is 6.08. The highest BCUT2D eigenvalue weighted by atomic mass is 79.9. The van der Waals surface area contributed by atoms with Crippen molar-refractivity contribution in [3.05, 3.63) is 57.8 Å². The molecule has 0 radical (unpaired) electrons. The van der Waals surface area contributed by atoms with Crippen LogP contribution in [-0.4, -0.2) is 0 Å². The Kier molecular flexibility index (Phi) is 4.35. The molecule has 1 atom stereocenters. The van der Waals surface area contributed by atoms with Gasteiger partial charge in [-0.25, -0.2) is 8.78 Å². The van der Waals surface area contributed by atoms with E-state index in [1.165, 1.54) is 12.1 Å². The van der Waals surface area contributed by atoms with Crippen LogP contribution < -0.4 is 10.5 Å². The summed E-state index contributed by atoms with van der Waals surface area (Å²) in [4.78, 5) is 0. The van der Waals surface area contributed by atoms with Crippen LogP contribution in [0.25, 0.3) is 0 Å². The molecule has 20 heavy (non-hydrogen) atoms. The van der Waals surface area contributed by atoms with E-state index in [1.807, 2.05) is 0 Å². The first-order valence-electron chi connectivity index (χ1n) is 5.76. The van der Waals surface area contributed by atoms with E-state index in [0.29, 0.717) is 5.56 Å². The molecule has 0 bridgehead atoms. The van der Waals surface area contributed by atoms with Gasteiger partial charge in [-0.05, 0) is 25.1 Å². The molecule has 0 unspecified atom stereocenters. The van der Waals surface area contributed by atoms with Crippen molar-refractivity contribution in [3.63, 3.8) is 0 Å². The van der Waals surface area contributed by atoms with Gasteiger partial charge in [-0.2, -0.15) is 4.39 Å². The van der Waals surface area contributed by atoms with Gasteiger partial charge in [-0.3, -0.25) is 0 Å². The van der Waals surface area contributed by atoms with Crippen LogP contribution in [0, 0.1) is 17.5 Å². The van der Waals surface area contributed by atoms with E-state index in [-0.39, 0.29) is 10.2 Å². The second kappa shape index (κ2) is 5.85. The highest BCUT2D eigenvalue weighted by Gasteiger charge is 2.18. The van der Waals surface area contributed by atoms with Gasteiger partial charge < -0.3 is 10.5 Å². The Morgan fingerprint density at radius 3 is 2.50 bits per heavy atom. The van der Waals surface area contributed by atoms with E-state index in [0.717, 1.165) is 12.1 Å². The normalized spacial score (nSPS) is 12.3. The molecule has 2 N–H and O–H groups in total. The van der Waals surface area contributed by atoms with Crippen molar-refractivity contribution in [3.8, 4) is 11.5 Å². The molecular weight excluding hydrogens is 335 g/mol. The summed E-state index contributed by atoms with van der Waals surface area (Å²) in [6.45, 7) is 1.64. The van der Waals surface area contributed by atoms with E-state index in [2.05, 4.69) is 15.9 Å². The number of hydrogen-bond acceptors (Lipinski definition) is 2. The van der Waals surface area contributed by atoms with E-state index in [9.17, 15) is 13.2 Å². The Morgan fingerprint density at radius 2 is 1.85 bits per heavy atom. The summed E-state index contributed by atoms with van der Waals surface area (Å²) in [5, 5.41) is 0. The van der Waals surface area contributed by atoms with Crippen LogP contribution in [0.5, 0.6) is 11.5 Å². The number of hydrogen-bond donors (Lipinski definition) is 1. The first-order chi connectivity index (χ1) is 9.40. The summed E-state index contributed by atoms with van der Waals surface area (Å²) in [6.07, 6.45) is 0. The Morgan fingerprint density at radius 1 is 1.15 bits per heavy atom. The third kappa shape index (κ3) is 2.96. The fourth-order valence-corrected chi connectivity index (χ4v) is 2.12. The second-order valence-electron chi connectivity index (χ2n) is 4.25. The van der Waals surface area contributed by atoms with Crippen molar-refractivity contribution in [2.75, 3.05) is 0 Å². The Labute approximate surface area is 122 Å². The molecule has 0 saturated carbocycles. The summed E-state index contributed by atoms with van der Waals surface area (Å²) < 4.78 is 46.3. The largest absolute Gasteiger partial charge is 0.451 e. The molecule has 0 aromatic heterocycles. The first kappa shape index (κ1) is 14.9. The van der Waals surface area contributed by atoms with E-state index in [1.54, 1.807) is 13.0 Å². The molecule has 2 aromatic rings. The van der Waals surface area contributed by atoms with E-state index < -0.39 is 29.2 Å². The fraction of sp³-hybridized carbons (Fsp3) is 0.143. The van der Waals surface area contributed by atoms with Crippen LogP contribution in [-0.2, 0) is 0 Å². The predicted molar refractivity (Wildman–Crippen MR) is 73.1 cm³/mol.